The summed E-state index contributed by atoms with van der Waals surface area (Å²) in [5.74, 6) is -0.637. The van der Waals surface area contributed by atoms with Gasteiger partial charge < -0.3 is 15.1 Å². The van der Waals surface area contributed by atoms with Gasteiger partial charge in [-0.2, -0.15) is 0 Å². The molecule has 90 valence electrons. The molecule has 5 heteroatoms. The van der Waals surface area contributed by atoms with E-state index in [1.54, 1.807) is 9.80 Å². The van der Waals surface area contributed by atoms with E-state index in [1.165, 1.54) is 0 Å². The molecule has 1 aliphatic heterocycles. The maximum absolute atomic E-state index is 12.0. The first-order chi connectivity index (χ1) is 7.74. The van der Waals surface area contributed by atoms with Gasteiger partial charge in [0, 0.05) is 38.8 Å². The largest absolute Gasteiger partial charge is 0.332 e. The summed E-state index contributed by atoms with van der Waals surface area (Å²) < 4.78 is 0. The lowest BCUT2D eigenvalue weighted by atomic mass is 10.3. The second-order valence-corrected chi connectivity index (χ2v) is 4.36. The number of piperazine rings is 1. The molecule has 16 heavy (non-hydrogen) atoms. The molecule has 0 radical (unpaired) electrons. The lowest BCUT2D eigenvalue weighted by molar-refractivity contribution is -0.152. The number of nitrogens with zero attached hydrogens (tertiary/aromatic N) is 2. The van der Waals surface area contributed by atoms with E-state index in [-0.39, 0.29) is 11.8 Å². The Balaban J connectivity index is 1.93. The third-order valence-electron chi connectivity index (χ3n) is 3.18. The molecule has 0 aromatic carbocycles. The van der Waals surface area contributed by atoms with Gasteiger partial charge in [-0.1, -0.05) is 0 Å². The Morgan fingerprint density at radius 1 is 1.31 bits per heavy atom. The van der Waals surface area contributed by atoms with E-state index in [2.05, 4.69) is 5.32 Å². The molecule has 0 unspecified atom stereocenters. The maximum Gasteiger partial charge on any atom is 0.312 e. The van der Waals surface area contributed by atoms with Crippen molar-refractivity contribution in [2.75, 3.05) is 32.7 Å². The highest BCUT2D eigenvalue weighted by Gasteiger charge is 2.36. The van der Waals surface area contributed by atoms with Gasteiger partial charge in [-0.25, -0.2) is 0 Å². The molecule has 1 saturated heterocycles. The fraction of sp³-hybridized carbons (Fsp3) is 0.818. The first-order valence-electron chi connectivity index (χ1n) is 6.04. The van der Waals surface area contributed by atoms with Crippen LogP contribution >= 0.6 is 0 Å². The molecule has 2 rings (SSSR count). The molecule has 2 amide bonds. The van der Waals surface area contributed by atoms with Crippen LogP contribution in [0.1, 0.15) is 19.8 Å². The number of nitrogens with one attached hydrogen (secondary N) is 1. The van der Waals surface area contributed by atoms with Crippen molar-refractivity contribution in [2.24, 2.45) is 0 Å². The van der Waals surface area contributed by atoms with Gasteiger partial charge in [0.15, 0.2) is 0 Å². The summed E-state index contributed by atoms with van der Waals surface area (Å²) in [6.45, 7) is 5.44. The number of hydrogen-bond donors (Lipinski definition) is 1. The van der Waals surface area contributed by atoms with Gasteiger partial charge in [-0.05, 0) is 19.8 Å². The summed E-state index contributed by atoms with van der Waals surface area (Å²) in [6.07, 6.45) is 2.10. The van der Waals surface area contributed by atoms with E-state index in [1.807, 2.05) is 6.92 Å². The second-order valence-electron chi connectivity index (χ2n) is 4.36. The van der Waals surface area contributed by atoms with Crippen LogP contribution in [0.2, 0.25) is 0 Å². The normalized spacial score (nSPS) is 20.7. The van der Waals surface area contributed by atoms with Crippen molar-refractivity contribution < 1.29 is 9.59 Å². The van der Waals surface area contributed by atoms with Crippen LogP contribution in [0.4, 0.5) is 0 Å². The summed E-state index contributed by atoms with van der Waals surface area (Å²) in [5, 5.41) is 3.17. The van der Waals surface area contributed by atoms with Crippen LogP contribution in [-0.2, 0) is 9.59 Å². The maximum atomic E-state index is 12.0. The molecule has 0 spiro atoms. The molecule has 0 aromatic rings. The van der Waals surface area contributed by atoms with E-state index in [9.17, 15) is 9.59 Å². The van der Waals surface area contributed by atoms with Crippen LogP contribution in [0.5, 0.6) is 0 Å². The molecule has 2 aliphatic rings. The Morgan fingerprint density at radius 2 is 1.94 bits per heavy atom. The van der Waals surface area contributed by atoms with Crippen molar-refractivity contribution >= 4 is 11.8 Å². The highest BCUT2D eigenvalue weighted by molar-refractivity contribution is 6.35. The Morgan fingerprint density at radius 3 is 2.44 bits per heavy atom. The first-order valence-corrected chi connectivity index (χ1v) is 6.04. The highest BCUT2D eigenvalue weighted by Crippen LogP contribution is 2.26. The van der Waals surface area contributed by atoms with Crippen molar-refractivity contribution in [3.8, 4) is 0 Å². The average molecular weight is 225 g/mol. The topological polar surface area (TPSA) is 52.7 Å². The molecule has 1 N–H and O–H groups in total. The van der Waals surface area contributed by atoms with Gasteiger partial charge in [0.05, 0.1) is 0 Å². The summed E-state index contributed by atoms with van der Waals surface area (Å²) in [4.78, 5) is 27.3. The molecular formula is C11H19N3O2. The number of likely N-dealkylation sites (N-methyl/N-ethyl adjacent to an activating group) is 1. The van der Waals surface area contributed by atoms with Gasteiger partial charge >= 0.3 is 11.8 Å². The third-order valence-corrected chi connectivity index (χ3v) is 3.18. The smallest absolute Gasteiger partial charge is 0.312 e. The van der Waals surface area contributed by atoms with Crippen molar-refractivity contribution in [3.05, 3.63) is 0 Å². The summed E-state index contributed by atoms with van der Waals surface area (Å²) in [6, 6.07) is 0.323. The van der Waals surface area contributed by atoms with Gasteiger partial charge in [0.25, 0.3) is 0 Å². The van der Waals surface area contributed by atoms with Crippen molar-refractivity contribution in [1.29, 1.82) is 0 Å². The predicted octanol–water partition coefficient (Wildman–Crippen LogP) is -0.571. The quantitative estimate of drug-likeness (QED) is 0.640. The van der Waals surface area contributed by atoms with Crippen LogP contribution in [0.3, 0.4) is 0 Å². The van der Waals surface area contributed by atoms with Gasteiger partial charge in [0.2, 0.25) is 0 Å². The zero-order valence-electron chi connectivity index (χ0n) is 9.74. The van der Waals surface area contributed by atoms with Crippen LogP contribution in [0.15, 0.2) is 0 Å². The predicted molar refractivity (Wildman–Crippen MR) is 59.9 cm³/mol. The van der Waals surface area contributed by atoms with E-state index >= 15 is 0 Å². The second kappa shape index (κ2) is 4.82. The molecule has 1 aliphatic carbocycles. The summed E-state index contributed by atoms with van der Waals surface area (Å²) >= 11 is 0. The van der Waals surface area contributed by atoms with Crippen LogP contribution in [0.25, 0.3) is 0 Å². The Kier molecular flexibility index (Phi) is 3.43. The molecule has 1 heterocycles. The molecule has 0 bridgehead atoms. The Bertz CT molecular complexity index is 283. The minimum absolute atomic E-state index is 0.313. The average Bonchev–Trinajstić information content (AvgIpc) is 3.14. The van der Waals surface area contributed by atoms with Crippen molar-refractivity contribution in [3.63, 3.8) is 0 Å². The van der Waals surface area contributed by atoms with Gasteiger partial charge in [-0.3, -0.25) is 9.59 Å². The molecule has 1 saturated carbocycles. The molecule has 5 nitrogen and oxygen atoms in total. The molecule has 2 fully saturated rings. The lowest BCUT2D eigenvalue weighted by Crippen LogP contribution is -2.52. The van der Waals surface area contributed by atoms with Crippen LogP contribution < -0.4 is 5.32 Å². The number of hydrogen-bond acceptors (Lipinski definition) is 3. The van der Waals surface area contributed by atoms with E-state index in [0.717, 1.165) is 25.9 Å². The number of rotatable bonds is 2. The number of carbonyl (C=O) groups excluding carboxylic acids is 2. The van der Waals surface area contributed by atoms with Gasteiger partial charge in [0.1, 0.15) is 0 Å². The monoisotopic (exact) mass is 225 g/mol. The van der Waals surface area contributed by atoms with E-state index in [0.29, 0.717) is 25.7 Å². The van der Waals surface area contributed by atoms with E-state index < -0.39 is 0 Å². The first kappa shape index (κ1) is 11.4. The highest BCUT2D eigenvalue weighted by atomic mass is 16.2. The summed E-state index contributed by atoms with van der Waals surface area (Å²) in [5.41, 5.74) is 0. The van der Waals surface area contributed by atoms with Crippen molar-refractivity contribution in [1.82, 2.24) is 15.1 Å². The lowest BCUT2D eigenvalue weighted by Gasteiger charge is -2.29. The van der Waals surface area contributed by atoms with Gasteiger partial charge in [-0.15, -0.1) is 0 Å². The molecule has 0 aromatic heterocycles. The zero-order chi connectivity index (χ0) is 11.5. The molecule has 0 atom stereocenters. The standard InChI is InChI=1S/C11H19N3O2/c1-2-14(9-3-4-9)11(16)10(15)13-7-5-12-6-8-13/h9,12H,2-8H2,1H3. The van der Waals surface area contributed by atoms with E-state index in [4.69, 9.17) is 0 Å². The summed E-state index contributed by atoms with van der Waals surface area (Å²) in [7, 11) is 0. The third kappa shape index (κ3) is 2.35. The number of carbonyl (C=O) groups is 2. The fourth-order valence-corrected chi connectivity index (χ4v) is 2.08. The molecular weight excluding hydrogens is 206 g/mol. The Hall–Kier alpha value is -1.10. The fourth-order valence-electron chi connectivity index (χ4n) is 2.08. The Labute approximate surface area is 95.8 Å². The number of amides is 2. The van der Waals surface area contributed by atoms with Crippen molar-refractivity contribution in [2.45, 2.75) is 25.8 Å². The van der Waals surface area contributed by atoms with Crippen LogP contribution in [-0.4, -0.2) is 60.4 Å². The minimum atomic E-state index is -0.324. The van der Waals surface area contributed by atoms with Crippen LogP contribution in [0, 0.1) is 0 Å². The minimum Gasteiger partial charge on any atom is -0.332 e. The SMILES string of the molecule is CCN(C(=O)C(=O)N1CCNCC1)C1CC1. The zero-order valence-corrected chi connectivity index (χ0v) is 9.74.